The molecule has 2 fully saturated rings. The molecule has 2 aromatic carbocycles. The van der Waals surface area contributed by atoms with E-state index in [1.165, 1.54) is 0 Å². The van der Waals surface area contributed by atoms with Crippen molar-refractivity contribution in [1.82, 2.24) is 26.1 Å². The highest BCUT2D eigenvalue weighted by Crippen LogP contribution is 2.34. The van der Waals surface area contributed by atoms with Crippen LogP contribution in [-0.4, -0.2) is 66.4 Å². The van der Waals surface area contributed by atoms with E-state index in [1.54, 1.807) is 12.9 Å². The molecule has 2 aromatic rings. The van der Waals surface area contributed by atoms with E-state index in [2.05, 4.69) is 21.2 Å². The number of nitrogens with one attached hydrogen (secondary N) is 4. The van der Waals surface area contributed by atoms with Crippen LogP contribution in [-0.2, 0) is 14.4 Å². The van der Waals surface area contributed by atoms with Gasteiger partial charge in [0.15, 0.2) is 13.1 Å². The van der Waals surface area contributed by atoms with Gasteiger partial charge in [-0.05, 0) is 55.4 Å². The second kappa shape index (κ2) is 13.8. The van der Waals surface area contributed by atoms with Crippen molar-refractivity contribution in [1.29, 1.82) is 0 Å². The summed E-state index contributed by atoms with van der Waals surface area (Å²) >= 11 is 5.01. The number of thiocarbonyl (C=S) groups is 1. The van der Waals surface area contributed by atoms with Crippen LogP contribution in [0.2, 0.25) is 0 Å². The number of rotatable bonds is 10. The summed E-state index contributed by atoms with van der Waals surface area (Å²) in [7, 11) is 1.72. The maximum atomic E-state index is 14.2. The van der Waals surface area contributed by atoms with Crippen molar-refractivity contribution in [2.24, 2.45) is 11.7 Å². The van der Waals surface area contributed by atoms with Crippen LogP contribution in [0.15, 0.2) is 60.7 Å². The number of nitrogens with zero attached hydrogens (tertiary/aromatic N) is 1. The summed E-state index contributed by atoms with van der Waals surface area (Å²) < 4.78 is 0. The predicted molar refractivity (Wildman–Crippen MR) is 162 cm³/mol. The smallest absolute Gasteiger partial charge is 0.246 e. The molecule has 4 rings (SSSR count). The van der Waals surface area contributed by atoms with E-state index < -0.39 is 18.1 Å². The first-order chi connectivity index (χ1) is 19.3. The topological polar surface area (TPSA) is 129 Å². The first kappa shape index (κ1) is 29.5. The molecular formula is C29H39BN6O3S. The average molecular weight is 563 g/mol. The van der Waals surface area contributed by atoms with Crippen LogP contribution in [0.25, 0.3) is 0 Å². The molecule has 2 heterocycles. The highest BCUT2D eigenvalue weighted by Gasteiger charge is 2.48. The molecule has 0 aliphatic carbocycles. The molecular weight excluding hydrogens is 523 g/mol. The molecule has 2 aliphatic heterocycles. The van der Waals surface area contributed by atoms with Crippen molar-refractivity contribution in [3.63, 3.8) is 0 Å². The van der Waals surface area contributed by atoms with Crippen molar-refractivity contribution in [2.45, 2.75) is 69.2 Å². The maximum Gasteiger partial charge on any atom is 0.246 e. The third-order valence-electron chi connectivity index (χ3n) is 8.13. The normalized spacial score (nSPS) is 23.1. The lowest BCUT2D eigenvalue weighted by atomic mass is 9.92. The summed E-state index contributed by atoms with van der Waals surface area (Å²) in [5.41, 5.74) is 7.62. The number of carbonyl (C=O) groups excluding carboxylic acids is 3. The minimum atomic E-state index is -0.797. The highest BCUT2D eigenvalue weighted by atomic mass is 32.1. The summed E-state index contributed by atoms with van der Waals surface area (Å²) in [5.74, 6) is -0.885. The third-order valence-corrected chi connectivity index (χ3v) is 8.27. The third kappa shape index (κ3) is 6.82. The van der Waals surface area contributed by atoms with Crippen LogP contribution in [0.3, 0.4) is 0 Å². The largest absolute Gasteiger partial charge is 0.376 e. The van der Waals surface area contributed by atoms with Gasteiger partial charge in [-0.2, -0.15) is 0 Å². The second-order valence-corrected chi connectivity index (χ2v) is 11.0. The molecule has 0 aromatic heterocycles. The van der Waals surface area contributed by atoms with Gasteiger partial charge in [-0.25, -0.2) is 0 Å². The van der Waals surface area contributed by atoms with Gasteiger partial charge in [-0.1, -0.05) is 67.6 Å². The Balaban J connectivity index is 1.59. The summed E-state index contributed by atoms with van der Waals surface area (Å²) in [6.07, 6.45) is 3.31. The molecule has 5 atom stereocenters. The van der Waals surface area contributed by atoms with Gasteiger partial charge >= 0.3 is 0 Å². The van der Waals surface area contributed by atoms with Crippen molar-refractivity contribution >= 4 is 43.0 Å². The van der Waals surface area contributed by atoms with E-state index in [-0.39, 0.29) is 40.8 Å². The minimum absolute atomic E-state index is 0.0735. The van der Waals surface area contributed by atoms with Crippen LogP contribution in [0.5, 0.6) is 0 Å². The SMILES string of the molecule is BN[C@@H](CC)C(=O)N[C@@H]1C(=O)N2[C@@H](CC[C@@H]1CNC(N)=S)CC[C@H]2C(=O)NC(c1ccccc1)c1ccccc1. The fraction of sp³-hybridized carbons (Fsp3) is 0.448. The Hall–Kier alpha value is -3.44. The van der Waals surface area contributed by atoms with E-state index in [1.807, 2.05) is 67.6 Å². The molecule has 0 unspecified atom stereocenters. The average Bonchev–Trinajstić information content (AvgIpc) is 3.35. The second-order valence-electron chi connectivity index (χ2n) is 10.6. The fourth-order valence-corrected chi connectivity index (χ4v) is 6.07. The first-order valence-corrected chi connectivity index (χ1v) is 14.5. The Labute approximate surface area is 242 Å². The standard InChI is InChI=1S/C29H39BN6O3S/c1-2-22(35-30)26(37)34-25-20(17-32-29(31)40)13-14-21-15-16-23(36(21)28(25)39)27(38)33-24(18-9-5-3-6-10-18)19-11-7-4-8-12-19/h3-12,20-25,35H,2,13-17,30H2,1H3,(H,33,38)(H,34,37)(H3,31,32,40)/t20-,21+,22+,23+,25+/m1/s1. The van der Waals surface area contributed by atoms with Gasteiger partial charge in [0.2, 0.25) is 17.7 Å². The Morgan fingerprint density at radius 3 is 2.17 bits per heavy atom. The van der Waals surface area contributed by atoms with Gasteiger partial charge in [0.25, 0.3) is 0 Å². The van der Waals surface area contributed by atoms with Crippen LogP contribution in [0, 0.1) is 5.92 Å². The molecule has 0 radical (unpaired) electrons. The van der Waals surface area contributed by atoms with Crippen LogP contribution < -0.4 is 26.9 Å². The summed E-state index contributed by atoms with van der Waals surface area (Å²) in [4.78, 5) is 42.9. The zero-order chi connectivity index (χ0) is 28.6. The molecule has 40 heavy (non-hydrogen) atoms. The number of carbonyl (C=O) groups is 3. The van der Waals surface area contributed by atoms with E-state index in [9.17, 15) is 14.4 Å². The summed E-state index contributed by atoms with van der Waals surface area (Å²) in [6, 6.07) is 17.4. The van der Waals surface area contributed by atoms with Crippen molar-refractivity contribution in [3.05, 3.63) is 71.8 Å². The van der Waals surface area contributed by atoms with Crippen molar-refractivity contribution in [3.8, 4) is 0 Å². The van der Waals surface area contributed by atoms with E-state index in [0.717, 1.165) is 24.0 Å². The fourth-order valence-electron chi connectivity index (χ4n) is 5.99. The van der Waals surface area contributed by atoms with Gasteiger partial charge in [-0.3, -0.25) is 14.4 Å². The van der Waals surface area contributed by atoms with Crippen LogP contribution >= 0.6 is 12.2 Å². The maximum absolute atomic E-state index is 14.2. The lowest BCUT2D eigenvalue weighted by Crippen LogP contribution is -2.59. The zero-order valence-electron chi connectivity index (χ0n) is 23.1. The van der Waals surface area contributed by atoms with Gasteiger partial charge in [0, 0.05) is 18.5 Å². The Kier molecular flexibility index (Phi) is 10.2. The predicted octanol–water partition coefficient (Wildman–Crippen LogP) is 0.896. The molecule has 2 aliphatic rings. The number of hydrogen-bond acceptors (Lipinski definition) is 5. The van der Waals surface area contributed by atoms with Crippen molar-refractivity contribution < 1.29 is 14.4 Å². The highest BCUT2D eigenvalue weighted by molar-refractivity contribution is 7.80. The van der Waals surface area contributed by atoms with Crippen molar-refractivity contribution in [2.75, 3.05) is 6.54 Å². The Morgan fingerprint density at radius 2 is 1.62 bits per heavy atom. The molecule has 2 saturated heterocycles. The molecule has 0 bridgehead atoms. The summed E-state index contributed by atoms with van der Waals surface area (Å²) in [5, 5.41) is 12.4. The molecule has 0 saturated carbocycles. The van der Waals surface area contributed by atoms with Gasteiger partial charge in [-0.15, -0.1) is 0 Å². The van der Waals surface area contributed by atoms with Gasteiger partial charge < -0.3 is 31.8 Å². The molecule has 0 spiro atoms. The van der Waals surface area contributed by atoms with Crippen LogP contribution in [0.4, 0.5) is 0 Å². The van der Waals surface area contributed by atoms with E-state index in [4.69, 9.17) is 18.0 Å². The molecule has 3 amide bonds. The quantitative estimate of drug-likeness (QED) is 0.215. The monoisotopic (exact) mass is 562 g/mol. The number of fused-ring (bicyclic) bond motifs is 1. The Bertz CT molecular complexity index is 1140. The number of amides is 3. The molecule has 11 heteroatoms. The summed E-state index contributed by atoms with van der Waals surface area (Å²) in [6.45, 7) is 2.28. The first-order valence-electron chi connectivity index (χ1n) is 14.1. The molecule has 6 N–H and O–H groups in total. The number of benzene rings is 2. The van der Waals surface area contributed by atoms with E-state index >= 15 is 0 Å². The lowest BCUT2D eigenvalue weighted by Gasteiger charge is -2.33. The molecule has 212 valence electrons. The lowest BCUT2D eigenvalue weighted by molar-refractivity contribution is -0.143. The zero-order valence-corrected chi connectivity index (χ0v) is 24.0. The van der Waals surface area contributed by atoms with Gasteiger partial charge in [0.1, 0.15) is 12.1 Å². The minimum Gasteiger partial charge on any atom is -0.376 e. The van der Waals surface area contributed by atoms with E-state index in [0.29, 0.717) is 25.8 Å². The Morgan fingerprint density at radius 1 is 1.02 bits per heavy atom. The number of hydrogen-bond donors (Lipinski definition) is 5. The molecule has 9 nitrogen and oxygen atoms in total. The van der Waals surface area contributed by atoms with Gasteiger partial charge in [0.05, 0.1) is 12.1 Å². The van der Waals surface area contributed by atoms with Crippen LogP contribution in [0.1, 0.15) is 56.2 Å². The number of nitrogens with two attached hydrogens (primary N) is 1.